The van der Waals surface area contributed by atoms with Crippen molar-refractivity contribution < 1.29 is 4.43 Å². The van der Waals surface area contributed by atoms with Crippen molar-refractivity contribution in [1.82, 2.24) is 0 Å². The number of halogens is 1. The molecular weight excluding hydrogens is 104 g/mol. The Labute approximate surface area is 39.8 Å². The molecule has 0 saturated carbocycles. The molecule has 0 aliphatic heterocycles. The lowest BCUT2D eigenvalue weighted by Crippen LogP contribution is -1.91. The lowest BCUT2D eigenvalue weighted by molar-refractivity contribution is 0.332. The summed E-state index contributed by atoms with van der Waals surface area (Å²) in [4.78, 5) is 0. The Balaban J connectivity index is 2.54. The molecule has 1 atom stereocenters. The van der Waals surface area contributed by atoms with E-state index in [4.69, 9.17) is 11.6 Å². The van der Waals surface area contributed by atoms with Gasteiger partial charge in [-0.25, -0.2) is 0 Å². The molecule has 0 aromatic carbocycles. The third-order valence-corrected chi connectivity index (χ3v) is 0.754. The van der Waals surface area contributed by atoms with E-state index in [1.807, 2.05) is 0 Å². The first-order chi connectivity index (χ1) is 2.27. The van der Waals surface area contributed by atoms with Crippen LogP contribution in [0.3, 0.4) is 0 Å². The Kier molecular flexibility index (Phi) is 2.94. The van der Waals surface area contributed by atoms with Gasteiger partial charge in [-0.05, 0) is 6.92 Å². The average molecular weight is 108 g/mol. The van der Waals surface area contributed by atoms with E-state index in [0.717, 1.165) is 0 Å². The van der Waals surface area contributed by atoms with Crippen molar-refractivity contribution in [2.24, 2.45) is 0 Å². The van der Waals surface area contributed by atoms with Crippen molar-refractivity contribution in [1.29, 1.82) is 0 Å². The summed E-state index contributed by atoms with van der Waals surface area (Å²) in [5.74, 6) is 0. The van der Waals surface area contributed by atoms with Gasteiger partial charge in [0.15, 0.2) is 0 Å². The molecule has 0 aliphatic carbocycles. The number of alkyl halides is 1. The quantitative estimate of drug-likeness (QED) is 0.354. The van der Waals surface area contributed by atoms with Gasteiger partial charge in [-0.3, -0.25) is 0 Å². The molecule has 0 N–H and O–H groups in total. The molecule has 1 unspecified atom stereocenters. The summed E-state index contributed by atoms with van der Waals surface area (Å²) in [6.07, 6.45) is 0. The highest BCUT2D eigenvalue weighted by molar-refractivity contribution is 6.20. The molecular formula is C2H4ClOSi. The summed E-state index contributed by atoms with van der Waals surface area (Å²) < 4.78 is 4.32. The van der Waals surface area contributed by atoms with Crippen LogP contribution in [0.5, 0.6) is 0 Å². The fraction of sp³-hybridized carbons (Fsp3) is 1.00. The van der Waals surface area contributed by atoms with E-state index in [9.17, 15) is 0 Å². The zero-order valence-corrected chi connectivity index (χ0v) is 4.62. The fourth-order valence-electron chi connectivity index (χ4n) is 0. The molecule has 0 saturated heterocycles. The van der Waals surface area contributed by atoms with Crippen LogP contribution >= 0.6 is 11.6 Å². The van der Waals surface area contributed by atoms with Gasteiger partial charge in [-0.15, -0.1) is 0 Å². The third kappa shape index (κ3) is 4.47. The predicted molar refractivity (Wildman–Crippen MR) is 22.2 cm³/mol. The highest BCUT2D eigenvalue weighted by atomic mass is 35.5. The van der Waals surface area contributed by atoms with Crippen molar-refractivity contribution in [3.05, 3.63) is 0 Å². The van der Waals surface area contributed by atoms with Gasteiger partial charge in [0.05, 0.1) is 0 Å². The Morgan fingerprint density at radius 2 is 2.20 bits per heavy atom. The smallest absolute Gasteiger partial charge is 0.248 e. The minimum atomic E-state index is -0.230. The summed E-state index contributed by atoms with van der Waals surface area (Å²) in [5, 5.41) is 0. The first-order valence-corrected chi connectivity index (χ1v) is 2.08. The van der Waals surface area contributed by atoms with E-state index < -0.39 is 0 Å². The molecule has 0 aromatic heterocycles. The molecule has 0 aliphatic rings. The molecule has 0 rings (SSSR count). The number of hydrogen-bond acceptors (Lipinski definition) is 1. The summed E-state index contributed by atoms with van der Waals surface area (Å²) in [5.41, 5.74) is -0.230. The standard InChI is InChI=1S/C2H4ClOSi/c1-2(3)4-5/h2H,1H3. The summed E-state index contributed by atoms with van der Waals surface area (Å²) in [6, 6.07) is 0. The monoisotopic (exact) mass is 107 g/mol. The Morgan fingerprint density at radius 3 is 2.20 bits per heavy atom. The van der Waals surface area contributed by atoms with Crippen molar-refractivity contribution in [3.63, 3.8) is 0 Å². The highest BCUT2D eigenvalue weighted by Crippen LogP contribution is 1.88. The molecule has 3 radical (unpaired) electrons. The van der Waals surface area contributed by atoms with Gasteiger partial charge >= 0.3 is 0 Å². The second-order valence-corrected chi connectivity index (χ2v) is 1.51. The van der Waals surface area contributed by atoms with E-state index in [1.165, 1.54) is 0 Å². The Morgan fingerprint density at radius 1 is 2.00 bits per heavy atom. The second-order valence-electron chi connectivity index (χ2n) is 0.661. The maximum absolute atomic E-state index is 5.19. The van der Waals surface area contributed by atoms with E-state index in [2.05, 4.69) is 14.9 Å². The molecule has 5 heavy (non-hydrogen) atoms. The molecule has 0 spiro atoms. The summed E-state index contributed by atoms with van der Waals surface area (Å²) in [7, 11) is 2.72. The molecule has 0 aromatic rings. The molecule has 29 valence electrons. The Bertz CT molecular complexity index is 23.6. The van der Waals surface area contributed by atoms with Crippen molar-refractivity contribution in [2.45, 2.75) is 12.5 Å². The minimum absolute atomic E-state index is 0.230. The first-order valence-electron chi connectivity index (χ1n) is 1.24. The number of rotatable bonds is 1. The van der Waals surface area contributed by atoms with Crippen LogP contribution in [0.15, 0.2) is 0 Å². The van der Waals surface area contributed by atoms with E-state index in [1.54, 1.807) is 6.92 Å². The van der Waals surface area contributed by atoms with Gasteiger partial charge in [0, 0.05) is 0 Å². The van der Waals surface area contributed by atoms with Gasteiger partial charge in [0.25, 0.3) is 0 Å². The molecule has 0 bridgehead atoms. The van der Waals surface area contributed by atoms with Gasteiger partial charge in [-0.1, -0.05) is 11.6 Å². The van der Waals surface area contributed by atoms with Gasteiger partial charge in [-0.2, -0.15) is 0 Å². The van der Waals surface area contributed by atoms with E-state index >= 15 is 0 Å². The van der Waals surface area contributed by atoms with Crippen LogP contribution in [-0.4, -0.2) is 16.0 Å². The maximum Gasteiger partial charge on any atom is 0.248 e. The topological polar surface area (TPSA) is 9.23 Å². The van der Waals surface area contributed by atoms with Crippen molar-refractivity contribution in [3.8, 4) is 0 Å². The molecule has 0 heterocycles. The molecule has 3 heteroatoms. The van der Waals surface area contributed by atoms with Gasteiger partial charge < -0.3 is 4.43 Å². The van der Waals surface area contributed by atoms with Gasteiger partial charge in [0.2, 0.25) is 10.5 Å². The van der Waals surface area contributed by atoms with Gasteiger partial charge in [0.1, 0.15) is 5.56 Å². The van der Waals surface area contributed by atoms with Crippen LogP contribution < -0.4 is 0 Å². The molecule has 1 nitrogen and oxygen atoms in total. The number of hydrogen-bond donors (Lipinski definition) is 0. The van der Waals surface area contributed by atoms with E-state index in [0.29, 0.717) is 0 Å². The van der Waals surface area contributed by atoms with Crippen LogP contribution in [0.25, 0.3) is 0 Å². The van der Waals surface area contributed by atoms with Crippen LogP contribution in [0.1, 0.15) is 6.92 Å². The van der Waals surface area contributed by atoms with Crippen molar-refractivity contribution in [2.75, 3.05) is 0 Å². The van der Waals surface area contributed by atoms with Crippen LogP contribution in [0, 0.1) is 0 Å². The van der Waals surface area contributed by atoms with Crippen molar-refractivity contribution >= 4 is 22.1 Å². The summed E-state index contributed by atoms with van der Waals surface area (Å²) >= 11 is 5.19. The zero-order chi connectivity index (χ0) is 4.28. The second kappa shape index (κ2) is 2.69. The molecule has 0 fully saturated rings. The van der Waals surface area contributed by atoms with Crippen LogP contribution in [-0.2, 0) is 4.43 Å². The first kappa shape index (κ1) is 5.47. The third-order valence-electron chi connectivity index (χ3n) is 0.162. The zero-order valence-electron chi connectivity index (χ0n) is 2.86. The Hall–Kier alpha value is 0.467. The normalized spacial score (nSPS) is 15.0. The lowest BCUT2D eigenvalue weighted by Gasteiger charge is -1.91. The SMILES string of the molecule is CC(Cl)O[Si]. The minimum Gasteiger partial charge on any atom is -0.403 e. The average Bonchev–Trinajstić information content (AvgIpc) is 1.38. The lowest BCUT2D eigenvalue weighted by atomic mass is 10.9. The molecule has 0 amide bonds. The maximum atomic E-state index is 5.19. The highest BCUT2D eigenvalue weighted by Gasteiger charge is 1.82. The van der Waals surface area contributed by atoms with E-state index in [-0.39, 0.29) is 5.56 Å². The van der Waals surface area contributed by atoms with Crippen LogP contribution in [0.2, 0.25) is 0 Å². The fourth-order valence-corrected chi connectivity index (χ4v) is 0. The largest absolute Gasteiger partial charge is 0.403 e. The summed E-state index contributed by atoms with van der Waals surface area (Å²) in [6.45, 7) is 1.72. The predicted octanol–water partition coefficient (Wildman–Crippen LogP) is 0.671. The van der Waals surface area contributed by atoms with Crippen LogP contribution in [0.4, 0.5) is 0 Å².